The summed E-state index contributed by atoms with van der Waals surface area (Å²) in [5.41, 5.74) is 5.80. The summed E-state index contributed by atoms with van der Waals surface area (Å²) in [6.45, 7) is 2.94. The summed E-state index contributed by atoms with van der Waals surface area (Å²) in [7, 11) is -3.30. The van der Waals surface area contributed by atoms with E-state index in [2.05, 4.69) is 0 Å². The summed E-state index contributed by atoms with van der Waals surface area (Å²) in [5.74, 6) is 0. The third-order valence-corrected chi connectivity index (χ3v) is 6.06. The van der Waals surface area contributed by atoms with Crippen molar-refractivity contribution in [3.63, 3.8) is 0 Å². The number of rotatable bonds is 2. The lowest BCUT2D eigenvalue weighted by molar-refractivity contribution is 0.316. The average molecular weight is 260 g/mol. The highest BCUT2D eigenvalue weighted by Gasteiger charge is 2.29. The molecule has 0 bridgehead atoms. The van der Waals surface area contributed by atoms with Crippen molar-refractivity contribution in [2.24, 2.45) is 5.73 Å². The van der Waals surface area contributed by atoms with Crippen LogP contribution in [0.1, 0.15) is 17.7 Å². The predicted octanol–water partition coefficient (Wildman–Crippen LogP) is 1.17. The Kier molecular flexibility index (Phi) is 3.34. The van der Waals surface area contributed by atoms with Gasteiger partial charge in [0.2, 0.25) is 0 Å². The van der Waals surface area contributed by atoms with Crippen LogP contribution in [-0.2, 0) is 10.0 Å². The van der Waals surface area contributed by atoms with E-state index in [0.29, 0.717) is 17.3 Å². The molecule has 2 N–H and O–H groups in total. The molecule has 1 aliphatic rings. The van der Waals surface area contributed by atoms with Crippen molar-refractivity contribution in [1.29, 1.82) is 0 Å². The van der Waals surface area contributed by atoms with Gasteiger partial charge in [0.1, 0.15) is 4.21 Å². The molecular weight excluding hydrogens is 244 g/mol. The summed E-state index contributed by atoms with van der Waals surface area (Å²) in [6.07, 6.45) is 1.76. The van der Waals surface area contributed by atoms with Gasteiger partial charge in [0.25, 0.3) is 10.0 Å². The Hall–Kier alpha value is -0.430. The number of hydrogen-bond donors (Lipinski definition) is 1. The van der Waals surface area contributed by atoms with Gasteiger partial charge in [-0.05, 0) is 31.9 Å². The van der Waals surface area contributed by atoms with E-state index in [-0.39, 0.29) is 6.04 Å². The van der Waals surface area contributed by atoms with Gasteiger partial charge in [-0.15, -0.1) is 11.3 Å². The van der Waals surface area contributed by atoms with Crippen LogP contribution in [-0.4, -0.2) is 31.9 Å². The predicted molar refractivity (Wildman–Crippen MR) is 65.0 cm³/mol. The van der Waals surface area contributed by atoms with E-state index < -0.39 is 10.0 Å². The topological polar surface area (TPSA) is 63.4 Å². The molecule has 1 unspecified atom stereocenters. The second-order valence-electron chi connectivity index (χ2n) is 4.13. The van der Waals surface area contributed by atoms with E-state index in [4.69, 9.17) is 5.73 Å². The number of hydrogen-bond acceptors (Lipinski definition) is 4. The molecule has 1 atom stereocenters. The fourth-order valence-electron chi connectivity index (χ4n) is 1.87. The van der Waals surface area contributed by atoms with Crippen LogP contribution in [0, 0.1) is 6.92 Å². The highest BCUT2D eigenvalue weighted by Crippen LogP contribution is 2.26. The Bertz CT molecular complexity index is 467. The molecule has 0 aliphatic carbocycles. The Balaban J connectivity index is 2.25. The van der Waals surface area contributed by atoms with E-state index in [1.54, 1.807) is 6.07 Å². The van der Waals surface area contributed by atoms with E-state index in [1.807, 2.05) is 13.0 Å². The normalized spacial score (nSPS) is 23.5. The molecule has 0 spiro atoms. The van der Waals surface area contributed by atoms with Crippen LogP contribution >= 0.6 is 11.3 Å². The largest absolute Gasteiger partial charge is 0.327 e. The summed E-state index contributed by atoms with van der Waals surface area (Å²) < 4.78 is 26.4. The van der Waals surface area contributed by atoms with E-state index in [1.165, 1.54) is 15.6 Å². The number of piperidine rings is 1. The molecular formula is C10H16N2O2S2. The van der Waals surface area contributed by atoms with Gasteiger partial charge in [0, 0.05) is 24.0 Å². The molecule has 2 rings (SSSR count). The molecule has 0 aromatic carbocycles. The molecule has 1 saturated heterocycles. The number of nitrogens with zero attached hydrogens (tertiary/aromatic N) is 1. The van der Waals surface area contributed by atoms with Gasteiger partial charge in [-0.2, -0.15) is 4.31 Å². The number of aryl methyl sites for hydroxylation is 1. The molecule has 0 saturated carbocycles. The standard InChI is InChI=1S/C10H16N2O2S2/c1-8-4-5-10(15-8)16(13,14)12-6-2-3-9(11)7-12/h4-5,9H,2-3,6-7,11H2,1H3. The average Bonchev–Trinajstić information content (AvgIpc) is 2.65. The van der Waals surface area contributed by atoms with Gasteiger partial charge in [-0.3, -0.25) is 0 Å². The maximum Gasteiger partial charge on any atom is 0.252 e. The third kappa shape index (κ3) is 2.29. The first-order chi connectivity index (χ1) is 7.50. The fraction of sp³-hybridized carbons (Fsp3) is 0.600. The van der Waals surface area contributed by atoms with Crippen LogP contribution in [0.5, 0.6) is 0 Å². The first-order valence-corrected chi connectivity index (χ1v) is 7.58. The second kappa shape index (κ2) is 4.44. The maximum atomic E-state index is 12.2. The van der Waals surface area contributed by atoms with Crippen molar-refractivity contribution in [2.45, 2.75) is 30.0 Å². The molecule has 90 valence electrons. The third-order valence-electron chi connectivity index (χ3n) is 2.73. The van der Waals surface area contributed by atoms with Crippen molar-refractivity contribution in [3.05, 3.63) is 17.0 Å². The van der Waals surface area contributed by atoms with Crippen LogP contribution < -0.4 is 5.73 Å². The molecule has 6 heteroatoms. The zero-order chi connectivity index (χ0) is 11.8. The van der Waals surface area contributed by atoms with Gasteiger partial charge >= 0.3 is 0 Å². The molecule has 1 fully saturated rings. The monoisotopic (exact) mass is 260 g/mol. The minimum Gasteiger partial charge on any atom is -0.327 e. The second-order valence-corrected chi connectivity index (χ2v) is 7.58. The SMILES string of the molecule is Cc1ccc(S(=O)(=O)N2CCCC(N)C2)s1. The van der Waals surface area contributed by atoms with Gasteiger partial charge < -0.3 is 5.73 Å². The maximum absolute atomic E-state index is 12.2. The van der Waals surface area contributed by atoms with Crippen LogP contribution in [0.3, 0.4) is 0 Å². The van der Waals surface area contributed by atoms with Crippen molar-refractivity contribution in [2.75, 3.05) is 13.1 Å². The molecule has 1 aliphatic heterocycles. The quantitative estimate of drug-likeness (QED) is 0.868. The minimum atomic E-state index is -3.30. The van der Waals surface area contributed by atoms with Gasteiger partial charge in [-0.1, -0.05) is 0 Å². The van der Waals surface area contributed by atoms with Crippen LogP contribution in [0.4, 0.5) is 0 Å². The van der Waals surface area contributed by atoms with Crippen LogP contribution in [0.15, 0.2) is 16.3 Å². The lowest BCUT2D eigenvalue weighted by Crippen LogP contribution is -2.45. The van der Waals surface area contributed by atoms with E-state index in [9.17, 15) is 8.42 Å². The molecule has 1 aromatic rings. The van der Waals surface area contributed by atoms with Gasteiger partial charge in [0.05, 0.1) is 0 Å². The minimum absolute atomic E-state index is 0.0235. The zero-order valence-corrected chi connectivity index (χ0v) is 10.9. The van der Waals surface area contributed by atoms with E-state index >= 15 is 0 Å². The van der Waals surface area contributed by atoms with Gasteiger partial charge in [0.15, 0.2) is 0 Å². The van der Waals surface area contributed by atoms with Crippen molar-refractivity contribution in [1.82, 2.24) is 4.31 Å². The summed E-state index contributed by atoms with van der Waals surface area (Å²) in [5, 5.41) is 0. The first kappa shape index (κ1) is 12.0. The molecule has 16 heavy (non-hydrogen) atoms. The number of thiophene rings is 1. The van der Waals surface area contributed by atoms with Crippen molar-refractivity contribution >= 4 is 21.4 Å². The van der Waals surface area contributed by atoms with Crippen LogP contribution in [0.25, 0.3) is 0 Å². The Morgan fingerprint density at radius 1 is 1.50 bits per heavy atom. The fourth-order valence-corrected chi connectivity index (χ4v) is 4.84. The van der Waals surface area contributed by atoms with Crippen LogP contribution in [0.2, 0.25) is 0 Å². The summed E-state index contributed by atoms with van der Waals surface area (Å²) in [6, 6.07) is 3.49. The summed E-state index contributed by atoms with van der Waals surface area (Å²) in [4.78, 5) is 1.01. The molecule has 0 amide bonds. The van der Waals surface area contributed by atoms with Crippen molar-refractivity contribution in [3.8, 4) is 0 Å². The van der Waals surface area contributed by atoms with Gasteiger partial charge in [-0.25, -0.2) is 8.42 Å². The smallest absolute Gasteiger partial charge is 0.252 e. The lowest BCUT2D eigenvalue weighted by Gasteiger charge is -2.29. The number of sulfonamides is 1. The van der Waals surface area contributed by atoms with Crippen molar-refractivity contribution < 1.29 is 8.42 Å². The molecule has 4 nitrogen and oxygen atoms in total. The first-order valence-electron chi connectivity index (χ1n) is 5.32. The molecule has 2 heterocycles. The Morgan fingerprint density at radius 2 is 2.25 bits per heavy atom. The molecule has 1 aromatic heterocycles. The molecule has 0 radical (unpaired) electrons. The highest BCUT2D eigenvalue weighted by molar-refractivity contribution is 7.91. The highest BCUT2D eigenvalue weighted by atomic mass is 32.2. The zero-order valence-electron chi connectivity index (χ0n) is 9.22. The number of nitrogens with two attached hydrogens (primary N) is 1. The summed E-state index contributed by atoms with van der Waals surface area (Å²) >= 11 is 1.32. The Labute approximate surface area is 100 Å². The Morgan fingerprint density at radius 3 is 2.81 bits per heavy atom. The lowest BCUT2D eigenvalue weighted by atomic mass is 10.1. The van der Waals surface area contributed by atoms with E-state index in [0.717, 1.165) is 17.7 Å².